The number of nitrogens with zero attached hydrogens (tertiary/aromatic N) is 1. The summed E-state index contributed by atoms with van der Waals surface area (Å²) in [6, 6.07) is 5.47. The molecule has 0 aromatic carbocycles. The van der Waals surface area contributed by atoms with E-state index in [9.17, 15) is 0 Å². The van der Waals surface area contributed by atoms with Crippen molar-refractivity contribution < 1.29 is 0 Å². The summed E-state index contributed by atoms with van der Waals surface area (Å²) >= 11 is 1.82. The fourth-order valence-electron chi connectivity index (χ4n) is 2.31. The van der Waals surface area contributed by atoms with Crippen LogP contribution in [0.4, 0.5) is 0 Å². The first-order chi connectivity index (χ1) is 6.83. The number of hydrogen-bond donors (Lipinski definition) is 1. The molecule has 2 heterocycles. The topological polar surface area (TPSA) is 29.3 Å². The zero-order valence-electron chi connectivity index (χ0n) is 8.65. The molecule has 1 aliphatic heterocycles. The van der Waals surface area contributed by atoms with E-state index in [0.717, 1.165) is 6.54 Å². The first kappa shape index (κ1) is 10.1. The normalized spacial score (nSPS) is 25.4. The molecule has 1 saturated heterocycles. The maximum absolute atomic E-state index is 5.87. The molecule has 2 nitrogen and oxygen atoms in total. The summed E-state index contributed by atoms with van der Waals surface area (Å²) in [5.74, 6) is 0. The Hall–Kier alpha value is -0.380. The van der Waals surface area contributed by atoms with E-state index in [2.05, 4.69) is 29.3 Å². The van der Waals surface area contributed by atoms with Gasteiger partial charge in [0.25, 0.3) is 0 Å². The molecule has 0 saturated carbocycles. The molecule has 2 N–H and O–H groups in total. The van der Waals surface area contributed by atoms with Crippen molar-refractivity contribution in [1.82, 2.24) is 4.90 Å². The lowest BCUT2D eigenvalue weighted by Crippen LogP contribution is -2.35. The van der Waals surface area contributed by atoms with Crippen molar-refractivity contribution >= 4 is 11.3 Å². The fraction of sp³-hybridized carbons (Fsp3) is 0.636. The van der Waals surface area contributed by atoms with Gasteiger partial charge in [-0.2, -0.15) is 0 Å². The van der Waals surface area contributed by atoms with Crippen LogP contribution in [-0.2, 0) is 0 Å². The lowest BCUT2D eigenvalue weighted by Gasteiger charge is -2.29. The molecular formula is C11H18N2S. The second kappa shape index (κ2) is 4.43. The molecule has 0 bridgehead atoms. The molecule has 2 rings (SSSR count). The maximum Gasteiger partial charge on any atom is 0.0566 e. The Morgan fingerprint density at radius 3 is 3.07 bits per heavy atom. The second-order valence-electron chi connectivity index (χ2n) is 4.00. The summed E-state index contributed by atoms with van der Waals surface area (Å²) in [4.78, 5) is 3.97. The maximum atomic E-state index is 5.87. The lowest BCUT2D eigenvalue weighted by molar-refractivity contribution is 0.198. The fourth-order valence-corrected chi connectivity index (χ4v) is 3.17. The van der Waals surface area contributed by atoms with Gasteiger partial charge >= 0.3 is 0 Å². The van der Waals surface area contributed by atoms with Crippen LogP contribution < -0.4 is 5.73 Å². The van der Waals surface area contributed by atoms with Crippen LogP contribution in [0.2, 0.25) is 0 Å². The Morgan fingerprint density at radius 2 is 2.57 bits per heavy atom. The molecule has 78 valence electrons. The molecule has 1 aliphatic rings. The molecule has 1 aromatic heterocycles. The predicted molar refractivity (Wildman–Crippen MR) is 61.5 cm³/mol. The number of thiophene rings is 1. The van der Waals surface area contributed by atoms with E-state index in [1.54, 1.807) is 0 Å². The van der Waals surface area contributed by atoms with Gasteiger partial charge in [0, 0.05) is 17.5 Å². The minimum atomic E-state index is 0.451. The molecule has 0 radical (unpaired) electrons. The standard InChI is InChI=1S/C11H18N2S/c1-9-4-2-6-13(9)10(8-12)11-5-3-7-14-11/h3,5,7,9-10H,2,4,6,8,12H2,1H3. The van der Waals surface area contributed by atoms with Crippen LogP contribution >= 0.6 is 11.3 Å². The monoisotopic (exact) mass is 210 g/mol. The Bertz CT molecular complexity index is 271. The summed E-state index contributed by atoms with van der Waals surface area (Å²) in [6.07, 6.45) is 2.64. The van der Waals surface area contributed by atoms with Crippen LogP contribution in [0.5, 0.6) is 0 Å². The molecule has 0 aliphatic carbocycles. The Kier molecular flexibility index (Phi) is 3.21. The summed E-state index contributed by atoms with van der Waals surface area (Å²) < 4.78 is 0. The first-order valence-electron chi connectivity index (χ1n) is 5.32. The molecule has 1 aromatic rings. The third kappa shape index (κ3) is 1.85. The van der Waals surface area contributed by atoms with Crippen molar-refractivity contribution in [3.05, 3.63) is 22.4 Å². The van der Waals surface area contributed by atoms with E-state index in [1.165, 1.54) is 24.3 Å². The molecule has 1 fully saturated rings. The van der Waals surface area contributed by atoms with Gasteiger partial charge in [0.15, 0.2) is 0 Å². The number of likely N-dealkylation sites (tertiary alicyclic amines) is 1. The molecule has 14 heavy (non-hydrogen) atoms. The van der Waals surface area contributed by atoms with E-state index in [0.29, 0.717) is 12.1 Å². The summed E-state index contributed by atoms with van der Waals surface area (Å²) in [7, 11) is 0. The second-order valence-corrected chi connectivity index (χ2v) is 4.98. The summed E-state index contributed by atoms with van der Waals surface area (Å²) in [6.45, 7) is 4.26. The molecular weight excluding hydrogens is 192 g/mol. The zero-order chi connectivity index (χ0) is 9.97. The highest BCUT2D eigenvalue weighted by Gasteiger charge is 2.28. The molecule has 2 unspecified atom stereocenters. The Labute approximate surface area is 89.7 Å². The van der Waals surface area contributed by atoms with E-state index in [-0.39, 0.29) is 0 Å². The van der Waals surface area contributed by atoms with Crippen LogP contribution in [0.25, 0.3) is 0 Å². The van der Waals surface area contributed by atoms with Crippen molar-refractivity contribution in [2.45, 2.75) is 31.8 Å². The quantitative estimate of drug-likeness (QED) is 0.829. The van der Waals surface area contributed by atoms with Gasteiger partial charge in [0.1, 0.15) is 0 Å². The van der Waals surface area contributed by atoms with Crippen LogP contribution in [-0.4, -0.2) is 24.0 Å². The summed E-state index contributed by atoms with van der Waals surface area (Å²) in [5.41, 5.74) is 5.87. The van der Waals surface area contributed by atoms with E-state index >= 15 is 0 Å². The highest BCUT2D eigenvalue weighted by Crippen LogP contribution is 2.30. The van der Waals surface area contributed by atoms with E-state index in [4.69, 9.17) is 5.73 Å². The average molecular weight is 210 g/mol. The van der Waals surface area contributed by atoms with Gasteiger partial charge in [-0.05, 0) is 37.8 Å². The van der Waals surface area contributed by atoms with Crippen molar-refractivity contribution in [2.75, 3.05) is 13.1 Å². The third-order valence-corrected chi connectivity index (χ3v) is 4.07. The van der Waals surface area contributed by atoms with Crippen LogP contribution in [0, 0.1) is 0 Å². The van der Waals surface area contributed by atoms with Crippen molar-refractivity contribution in [1.29, 1.82) is 0 Å². The minimum Gasteiger partial charge on any atom is -0.329 e. The zero-order valence-corrected chi connectivity index (χ0v) is 9.46. The van der Waals surface area contributed by atoms with Crippen LogP contribution in [0.15, 0.2) is 17.5 Å². The number of nitrogens with two attached hydrogens (primary N) is 1. The summed E-state index contributed by atoms with van der Waals surface area (Å²) in [5, 5.41) is 2.14. The molecule has 2 atom stereocenters. The predicted octanol–water partition coefficient (Wildman–Crippen LogP) is 2.23. The van der Waals surface area contributed by atoms with E-state index in [1.807, 2.05) is 11.3 Å². The largest absolute Gasteiger partial charge is 0.329 e. The Balaban J connectivity index is 2.13. The number of rotatable bonds is 3. The highest BCUT2D eigenvalue weighted by atomic mass is 32.1. The van der Waals surface area contributed by atoms with Gasteiger partial charge in [0.2, 0.25) is 0 Å². The smallest absolute Gasteiger partial charge is 0.0566 e. The van der Waals surface area contributed by atoms with Gasteiger partial charge in [-0.1, -0.05) is 6.07 Å². The van der Waals surface area contributed by atoms with Gasteiger partial charge in [-0.25, -0.2) is 0 Å². The SMILES string of the molecule is CC1CCCN1C(CN)c1cccs1. The van der Waals surface area contributed by atoms with Crippen LogP contribution in [0.1, 0.15) is 30.7 Å². The van der Waals surface area contributed by atoms with Gasteiger partial charge in [-0.15, -0.1) is 11.3 Å². The van der Waals surface area contributed by atoms with Crippen molar-refractivity contribution in [3.8, 4) is 0 Å². The van der Waals surface area contributed by atoms with Crippen molar-refractivity contribution in [2.24, 2.45) is 5.73 Å². The van der Waals surface area contributed by atoms with Crippen molar-refractivity contribution in [3.63, 3.8) is 0 Å². The number of hydrogen-bond acceptors (Lipinski definition) is 3. The first-order valence-corrected chi connectivity index (χ1v) is 6.20. The molecule has 3 heteroatoms. The average Bonchev–Trinajstić information content (AvgIpc) is 2.80. The van der Waals surface area contributed by atoms with Crippen LogP contribution in [0.3, 0.4) is 0 Å². The third-order valence-electron chi connectivity index (χ3n) is 3.10. The molecule has 0 spiro atoms. The molecule has 0 amide bonds. The Morgan fingerprint density at radius 1 is 1.71 bits per heavy atom. The van der Waals surface area contributed by atoms with Gasteiger partial charge in [0.05, 0.1) is 6.04 Å². The van der Waals surface area contributed by atoms with E-state index < -0.39 is 0 Å². The lowest BCUT2D eigenvalue weighted by atomic mass is 10.2. The van der Waals surface area contributed by atoms with Gasteiger partial charge in [-0.3, -0.25) is 4.90 Å². The minimum absolute atomic E-state index is 0.451. The van der Waals surface area contributed by atoms with Gasteiger partial charge < -0.3 is 5.73 Å². The highest BCUT2D eigenvalue weighted by molar-refractivity contribution is 7.10.